The number of carbonyl (C=O) groups excluding carboxylic acids is 1. The number of carbonyl (C=O) groups is 1. The quantitative estimate of drug-likeness (QED) is 0.502. The van der Waals surface area contributed by atoms with Gasteiger partial charge in [0.15, 0.2) is 10.3 Å². The Kier molecular flexibility index (Phi) is 4.67. The van der Waals surface area contributed by atoms with Gasteiger partial charge in [-0.2, -0.15) is 0 Å². The monoisotopic (exact) mass is 412 g/mol. The van der Waals surface area contributed by atoms with E-state index in [2.05, 4.69) is 21.2 Å². The summed E-state index contributed by atoms with van der Waals surface area (Å²) in [4.78, 5) is 12.7. The number of hydrogen-bond acceptors (Lipinski definition) is 3. The molecule has 0 bridgehead atoms. The lowest BCUT2D eigenvalue weighted by molar-refractivity contribution is 0.0945. The summed E-state index contributed by atoms with van der Waals surface area (Å²) in [6, 6.07) is 17.5. The van der Waals surface area contributed by atoms with Crippen LogP contribution in [0.25, 0.3) is 11.1 Å². The molecule has 0 aliphatic carbocycles. The van der Waals surface area contributed by atoms with Crippen LogP contribution in [0.1, 0.15) is 21.8 Å². The first-order valence-electron chi connectivity index (χ1n) is 8.34. The van der Waals surface area contributed by atoms with E-state index in [4.69, 9.17) is 8.83 Å². The normalized spacial score (nSPS) is 11.1. The molecule has 1 N–H and O–H groups in total. The van der Waals surface area contributed by atoms with Gasteiger partial charge < -0.3 is 18.7 Å². The molecule has 0 saturated carbocycles. The summed E-state index contributed by atoms with van der Waals surface area (Å²) >= 11 is 3.36. The van der Waals surface area contributed by atoms with Crippen molar-refractivity contribution in [2.75, 3.05) is 6.54 Å². The van der Waals surface area contributed by atoms with Gasteiger partial charge in [-0.3, -0.25) is 4.79 Å². The van der Waals surface area contributed by atoms with Crippen LogP contribution in [0.3, 0.4) is 0 Å². The number of nitrogens with zero attached hydrogens (tertiary/aromatic N) is 1. The zero-order valence-electron chi connectivity index (χ0n) is 13.9. The summed E-state index contributed by atoms with van der Waals surface area (Å²) < 4.78 is 13.6. The summed E-state index contributed by atoms with van der Waals surface area (Å²) in [5.41, 5.74) is 3.27. The Morgan fingerprint density at radius 3 is 2.73 bits per heavy atom. The summed E-state index contributed by atoms with van der Waals surface area (Å²) in [7, 11) is 0. The number of furan rings is 2. The van der Waals surface area contributed by atoms with Crippen LogP contribution in [0.4, 0.5) is 0 Å². The fourth-order valence-corrected chi connectivity index (χ4v) is 3.37. The van der Waals surface area contributed by atoms with Crippen LogP contribution in [0, 0.1) is 0 Å². The van der Waals surface area contributed by atoms with E-state index >= 15 is 0 Å². The van der Waals surface area contributed by atoms with Crippen molar-refractivity contribution < 1.29 is 13.6 Å². The topological polar surface area (TPSA) is 60.3 Å². The van der Waals surface area contributed by atoms with Gasteiger partial charge in [0.05, 0.1) is 11.8 Å². The van der Waals surface area contributed by atoms with Gasteiger partial charge in [-0.25, -0.2) is 0 Å². The van der Waals surface area contributed by atoms with Crippen molar-refractivity contribution in [3.05, 3.63) is 82.5 Å². The van der Waals surface area contributed by atoms with Crippen LogP contribution in [-0.4, -0.2) is 17.0 Å². The van der Waals surface area contributed by atoms with Crippen LogP contribution in [0.5, 0.6) is 0 Å². The molecule has 0 aliphatic rings. The Hall–Kier alpha value is -2.73. The van der Waals surface area contributed by atoms with E-state index in [1.807, 2.05) is 53.1 Å². The van der Waals surface area contributed by atoms with Gasteiger partial charge >= 0.3 is 0 Å². The van der Waals surface area contributed by atoms with E-state index in [1.54, 1.807) is 12.3 Å². The van der Waals surface area contributed by atoms with Crippen molar-refractivity contribution in [3.8, 4) is 0 Å². The number of fused-ring (bicyclic) bond motifs is 1. The smallest absolute Gasteiger partial charge is 0.268 e. The van der Waals surface area contributed by atoms with Crippen molar-refractivity contribution in [1.29, 1.82) is 0 Å². The highest BCUT2D eigenvalue weighted by atomic mass is 79.9. The van der Waals surface area contributed by atoms with Crippen LogP contribution in [0.2, 0.25) is 0 Å². The molecule has 6 heteroatoms. The molecule has 3 heterocycles. The van der Waals surface area contributed by atoms with Crippen molar-refractivity contribution in [1.82, 2.24) is 9.88 Å². The number of aromatic nitrogens is 1. The first-order chi connectivity index (χ1) is 12.7. The third-order valence-corrected chi connectivity index (χ3v) is 4.60. The van der Waals surface area contributed by atoms with E-state index in [9.17, 15) is 4.79 Å². The van der Waals surface area contributed by atoms with Gasteiger partial charge in [-0.1, -0.05) is 30.3 Å². The number of amides is 1. The van der Waals surface area contributed by atoms with Crippen LogP contribution >= 0.6 is 15.9 Å². The zero-order valence-corrected chi connectivity index (χ0v) is 15.5. The highest BCUT2D eigenvalue weighted by molar-refractivity contribution is 9.10. The lowest BCUT2D eigenvalue weighted by Crippen LogP contribution is -2.28. The third-order valence-electron chi connectivity index (χ3n) is 4.21. The molecule has 5 nitrogen and oxygen atoms in total. The molecule has 0 radical (unpaired) electrons. The van der Waals surface area contributed by atoms with E-state index in [0.717, 1.165) is 16.8 Å². The molecule has 0 unspecified atom stereocenters. The maximum atomic E-state index is 12.7. The van der Waals surface area contributed by atoms with Crippen molar-refractivity contribution in [2.24, 2.45) is 0 Å². The lowest BCUT2D eigenvalue weighted by atomic mass is 10.2. The maximum absolute atomic E-state index is 12.7. The molecule has 132 valence electrons. The molecule has 1 aromatic carbocycles. The van der Waals surface area contributed by atoms with Gasteiger partial charge in [0.2, 0.25) is 0 Å². The molecule has 0 saturated heterocycles. The SMILES string of the molecule is O=C(NCCc1ccco1)c1cc2oc(Br)cc2n1Cc1ccccc1. The number of rotatable bonds is 6. The number of hydrogen-bond donors (Lipinski definition) is 1. The number of nitrogens with one attached hydrogen (secondary N) is 1. The average Bonchev–Trinajstić information content (AvgIpc) is 3.34. The Morgan fingerprint density at radius 2 is 1.96 bits per heavy atom. The molecule has 0 atom stereocenters. The Balaban J connectivity index is 1.58. The molecule has 4 aromatic rings. The van der Waals surface area contributed by atoms with Crippen LogP contribution < -0.4 is 5.32 Å². The molecule has 0 aliphatic heterocycles. The number of benzene rings is 1. The summed E-state index contributed by atoms with van der Waals surface area (Å²) in [5, 5.41) is 2.96. The second-order valence-corrected chi connectivity index (χ2v) is 6.77. The second kappa shape index (κ2) is 7.25. The molecule has 26 heavy (non-hydrogen) atoms. The first-order valence-corrected chi connectivity index (χ1v) is 9.13. The average molecular weight is 413 g/mol. The fourth-order valence-electron chi connectivity index (χ4n) is 2.98. The number of halogens is 1. The van der Waals surface area contributed by atoms with Crippen LogP contribution in [0.15, 0.2) is 74.4 Å². The summed E-state index contributed by atoms with van der Waals surface area (Å²) in [5.74, 6) is 0.720. The Bertz CT molecular complexity index is 1020. The van der Waals surface area contributed by atoms with Gasteiger partial charge in [-0.15, -0.1) is 0 Å². The third kappa shape index (κ3) is 3.46. The van der Waals surface area contributed by atoms with Gasteiger partial charge in [0.1, 0.15) is 11.5 Å². The van der Waals surface area contributed by atoms with E-state index in [0.29, 0.717) is 35.5 Å². The summed E-state index contributed by atoms with van der Waals surface area (Å²) in [6.07, 6.45) is 2.29. The molecular weight excluding hydrogens is 396 g/mol. The molecule has 4 rings (SSSR count). The maximum Gasteiger partial charge on any atom is 0.268 e. The zero-order chi connectivity index (χ0) is 17.9. The van der Waals surface area contributed by atoms with E-state index in [1.165, 1.54) is 0 Å². The van der Waals surface area contributed by atoms with Crippen molar-refractivity contribution in [3.63, 3.8) is 0 Å². The van der Waals surface area contributed by atoms with E-state index in [-0.39, 0.29) is 5.91 Å². The van der Waals surface area contributed by atoms with Gasteiger partial charge in [0.25, 0.3) is 5.91 Å². The molecule has 1 amide bonds. The van der Waals surface area contributed by atoms with Gasteiger partial charge in [0, 0.05) is 31.6 Å². The minimum Gasteiger partial charge on any atom is -0.469 e. The predicted octanol–water partition coefficient (Wildman–Crippen LogP) is 4.61. The highest BCUT2D eigenvalue weighted by Gasteiger charge is 2.18. The summed E-state index contributed by atoms with van der Waals surface area (Å²) in [6.45, 7) is 1.10. The fraction of sp³-hybridized carbons (Fsp3) is 0.150. The standard InChI is InChI=1S/C20H17BrN2O3/c21-19-12-16-18(26-19)11-17(23(16)13-14-5-2-1-3-6-14)20(24)22-9-8-15-7-4-10-25-15/h1-7,10-12H,8-9,13H2,(H,22,24). The lowest BCUT2D eigenvalue weighted by Gasteiger charge is -2.10. The predicted molar refractivity (Wildman–Crippen MR) is 102 cm³/mol. The van der Waals surface area contributed by atoms with Crippen LogP contribution in [-0.2, 0) is 13.0 Å². The first kappa shape index (κ1) is 16.7. The Morgan fingerprint density at radius 1 is 1.12 bits per heavy atom. The highest BCUT2D eigenvalue weighted by Crippen LogP contribution is 2.27. The molecule has 0 fully saturated rings. The minimum absolute atomic E-state index is 0.130. The van der Waals surface area contributed by atoms with E-state index < -0.39 is 0 Å². The minimum atomic E-state index is -0.130. The van der Waals surface area contributed by atoms with Crippen molar-refractivity contribution >= 4 is 32.9 Å². The molecule has 0 spiro atoms. The molecule has 3 aromatic heterocycles. The second-order valence-electron chi connectivity index (χ2n) is 5.99. The Labute approximate surface area is 158 Å². The largest absolute Gasteiger partial charge is 0.469 e. The van der Waals surface area contributed by atoms with Gasteiger partial charge in [-0.05, 0) is 33.6 Å². The van der Waals surface area contributed by atoms with Crippen molar-refractivity contribution in [2.45, 2.75) is 13.0 Å². The molecular formula is C20H17BrN2O3.